The van der Waals surface area contributed by atoms with Crippen LogP contribution in [-0.4, -0.2) is 59.3 Å². The van der Waals surface area contributed by atoms with Crippen molar-refractivity contribution < 1.29 is 14.3 Å². The second-order valence-electron chi connectivity index (χ2n) is 8.62. The summed E-state index contributed by atoms with van der Waals surface area (Å²) in [5.74, 6) is 0.871. The number of aromatic nitrogens is 2. The molecule has 2 amide bonds. The molecule has 1 saturated carbocycles. The highest BCUT2D eigenvalue weighted by molar-refractivity contribution is 6.29. The van der Waals surface area contributed by atoms with Crippen LogP contribution in [0.5, 0.6) is 0 Å². The number of carbonyl (C=O) groups is 2. The van der Waals surface area contributed by atoms with Crippen LogP contribution < -0.4 is 4.90 Å². The number of nitrogens with zero attached hydrogens (tertiary/aromatic N) is 4. The summed E-state index contributed by atoms with van der Waals surface area (Å²) in [6.45, 7) is 2.79. The molecule has 4 rings (SSSR count). The zero-order chi connectivity index (χ0) is 20.3. The van der Waals surface area contributed by atoms with E-state index in [9.17, 15) is 9.59 Å². The number of rotatable bonds is 6. The van der Waals surface area contributed by atoms with Crippen LogP contribution >= 0.6 is 11.6 Å². The van der Waals surface area contributed by atoms with Crippen molar-refractivity contribution in [3.8, 4) is 0 Å². The molecule has 3 heterocycles. The zero-order valence-corrected chi connectivity index (χ0v) is 17.6. The number of anilines is 1. The lowest BCUT2D eigenvalue weighted by atomic mass is 9.76. The Morgan fingerprint density at radius 2 is 1.76 bits per heavy atom. The van der Waals surface area contributed by atoms with Gasteiger partial charge in [0.2, 0.25) is 11.8 Å². The average Bonchev–Trinajstić information content (AvgIpc) is 3.15. The minimum absolute atomic E-state index is 0.0144. The van der Waals surface area contributed by atoms with Crippen molar-refractivity contribution in [1.29, 1.82) is 0 Å². The second-order valence-corrected chi connectivity index (χ2v) is 9.01. The molecule has 3 aliphatic rings. The molecule has 0 radical (unpaired) electrons. The molecule has 1 aromatic rings. The third-order valence-corrected chi connectivity index (χ3v) is 6.78. The molecule has 2 aliphatic heterocycles. The van der Waals surface area contributed by atoms with E-state index >= 15 is 0 Å². The maximum absolute atomic E-state index is 12.5. The van der Waals surface area contributed by atoms with Crippen LogP contribution in [0.4, 0.5) is 5.82 Å². The largest absolute Gasteiger partial charge is 0.378 e. The summed E-state index contributed by atoms with van der Waals surface area (Å²) in [6, 6.07) is 3.64. The molecule has 2 saturated heterocycles. The number of carbonyl (C=O) groups excluding carboxylic acids is 2. The molecular formula is C21H29ClN4O3. The van der Waals surface area contributed by atoms with Crippen LogP contribution in [0.1, 0.15) is 57.8 Å². The van der Waals surface area contributed by atoms with Gasteiger partial charge in [0.1, 0.15) is 0 Å². The fourth-order valence-corrected chi connectivity index (χ4v) is 5.06. The highest BCUT2D eigenvalue weighted by Gasteiger charge is 2.44. The lowest BCUT2D eigenvalue weighted by molar-refractivity contribution is -0.153. The van der Waals surface area contributed by atoms with E-state index < -0.39 is 0 Å². The number of halogens is 1. The van der Waals surface area contributed by atoms with Crippen molar-refractivity contribution in [3.05, 3.63) is 17.3 Å². The van der Waals surface area contributed by atoms with Gasteiger partial charge in [-0.05, 0) is 49.7 Å². The molecule has 3 fully saturated rings. The van der Waals surface area contributed by atoms with Gasteiger partial charge in [-0.3, -0.25) is 14.5 Å². The lowest BCUT2D eigenvalue weighted by Crippen LogP contribution is -2.47. The van der Waals surface area contributed by atoms with Gasteiger partial charge in [0.15, 0.2) is 11.0 Å². The Morgan fingerprint density at radius 1 is 1.07 bits per heavy atom. The van der Waals surface area contributed by atoms with Crippen molar-refractivity contribution in [1.82, 2.24) is 15.1 Å². The van der Waals surface area contributed by atoms with Crippen molar-refractivity contribution >= 4 is 29.2 Å². The highest BCUT2D eigenvalue weighted by atomic mass is 35.5. The summed E-state index contributed by atoms with van der Waals surface area (Å²) in [7, 11) is 0. The molecule has 0 bridgehead atoms. The summed E-state index contributed by atoms with van der Waals surface area (Å²) in [6.07, 6.45) is 8.22. The van der Waals surface area contributed by atoms with Crippen LogP contribution in [-0.2, 0) is 14.3 Å². The van der Waals surface area contributed by atoms with E-state index in [1.165, 1.54) is 4.90 Å². The molecule has 1 aromatic heterocycles. The molecule has 0 unspecified atom stereocenters. The molecule has 8 heteroatoms. The Labute approximate surface area is 176 Å². The smallest absolute Gasteiger partial charge is 0.229 e. The van der Waals surface area contributed by atoms with E-state index in [-0.39, 0.29) is 23.3 Å². The lowest BCUT2D eigenvalue weighted by Gasteiger charge is -2.37. The van der Waals surface area contributed by atoms with E-state index in [0.717, 1.165) is 57.4 Å². The monoisotopic (exact) mass is 420 g/mol. The number of hydrogen-bond acceptors (Lipinski definition) is 6. The maximum atomic E-state index is 12.5. The summed E-state index contributed by atoms with van der Waals surface area (Å²) in [5.41, 5.74) is -0.0242. The van der Waals surface area contributed by atoms with Crippen molar-refractivity contribution in [2.75, 3.05) is 31.1 Å². The van der Waals surface area contributed by atoms with Gasteiger partial charge in [-0.1, -0.05) is 24.4 Å². The Kier molecular flexibility index (Phi) is 6.35. The summed E-state index contributed by atoms with van der Waals surface area (Å²) >= 11 is 5.79. The molecule has 29 heavy (non-hydrogen) atoms. The van der Waals surface area contributed by atoms with Gasteiger partial charge in [-0.25, -0.2) is 0 Å². The third kappa shape index (κ3) is 4.89. The van der Waals surface area contributed by atoms with Crippen LogP contribution in [0, 0.1) is 5.41 Å². The quantitative estimate of drug-likeness (QED) is 0.519. The predicted molar refractivity (Wildman–Crippen MR) is 110 cm³/mol. The van der Waals surface area contributed by atoms with E-state index in [0.29, 0.717) is 37.6 Å². The summed E-state index contributed by atoms with van der Waals surface area (Å²) in [5, 5.41) is 8.42. The van der Waals surface area contributed by atoms with Crippen molar-refractivity contribution in [3.63, 3.8) is 0 Å². The molecule has 1 aliphatic carbocycles. The number of hydrogen-bond donors (Lipinski definition) is 0. The van der Waals surface area contributed by atoms with Gasteiger partial charge in [0, 0.05) is 39.1 Å². The number of piperidine rings is 2. The molecular weight excluding hydrogens is 392 g/mol. The molecule has 1 spiro atoms. The Hall–Kier alpha value is -1.73. The zero-order valence-electron chi connectivity index (χ0n) is 16.8. The van der Waals surface area contributed by atoms with Gasteiger partial charge in [0.25, 0.3) is 0 Å². The van der Waals surface area contributed by atoms with Gasteiger partial charge in [-0.15, -0.1) is 10.2 Å². The van der Waals surface area contributed by atoms with Crippen molar-refractivity contribution in [2.24, 2.45) is 5.41 Å². The molecule has 0 aromatic carbocycles. The van der Waals surface area contributed by atoms with Crippen molar-refractivity contribution in [2.45, 2.75) is 63.9 Å². The van der Waals surface area contributed by atoms with Gasteiger partial charge >= 0.3 is 0 Å². The standard InChI is InChI=1S/C21H29ClN4O3/c22-17-4-5-18(24-23-17)25-11-6-16(7-12-25)29-13-3-10-26-19(27)14-21(15-20(26)28)8-1-2-9-21/h4-5,16H,1-3,6-15H2. The van der Waals surface area contributed by atoms with Crippen LogP contribution in [0.25, 0.3) is 0 Å². The Balaban J connectivity index is 1.15. The first kappa shape index (κ1) is 20.5. The second kappa shape index (κ2) is 8.96. The van der Waals surface area contributed by atoms with Crippen LogP contribution in [0.3, 0.4) is 0 Å². The average molecular weight is 421 g/mol. The topological polar surface area (TPSA) is 75.6 Å². The number of likely N-dealkylation sites (tertiary alicyclic amines) is 1. The van der Waals surface area contributed by atoms with Crippen LogP contribution in [0.2, 0.25) is 5.15 Å². The van der Waals surface area contributed by atoms with E-state index in [1.807, 2.05) is 6.07 Å². The first-order valence-electron chi connectivity index (χ1n) is 10.7. The number of amides is 2. The summed E-state index contributed by atoms with van der Waals surface area (Å²) in [4.78, 5) is 28.6. The molecule has 0 N–H and O–H groups in total. The fourth-order valence-electron chi connectivity index (χ4n) is 4.96. The first-order chi connectivity index (χ1) is 14.0. The Morgan fingerprint density at radius 3 is 2.38 bits per heavy atom. The highest BCUT2D eigenvalue weighted by Crippen LogP contribution is 2.46. The van der Waals surface area contributed by atoms with Gasteiger partial charge in [0.05, 0.1) is 6.10 Å². The minimum Gasteiger partial charge on any atom is -0.378 e. The fraction of sp³-hybridized carbons (Fsp3) is 0.714. The van der Waals surface area contributed by atoms with E-state index in [1.54, 1.807) is 6.07 Å². The molecule has 158 valence electrons. The first-order valence-corrected chi connectivity index (χ1v) is 11.1. The SMILES string of the molecule is O=C1CC2(CCCC2)CC(=O)N1CCCOC1CCN(c2ccc(Cl)nn2)CC1. The summed E-state index contributed by atoms with van der Waals surface area (Å²) < 4.78 is 6.01. The number of ether oxygens (including phenoxy) is 1. The minimum atomic E-state index is -0.0242. The molecule has 7 nitrogen and oxygen atoms in total. The number of imide groups is 1. The van der Waals surface area contributed by atoms with Crippen LogP contribution in [0.15, 0.2) is 12.1 Å². The third-order valence-electron chi connectivity index (χ3n) is 6.58. The van der Waals surface area contributed by atoms with E-state index in [4.69, 9.17) is 16.3 Å². The van der Waals surface area contributed by atoms with Gasteiger partial charge < -0.3 is 9.64 Å². The maximum Gasteiger partial charge on any atom is 0.229 e. The predicted octanol–water partition coefficient (Wildman–Crippen LogP) is 3.21. The Bertz CT molecular complexity index is 708. The molecule has 0 atom stereocenters. The van der Waals surface area contributed by atoms with E-state index in [2.05, 4.69) is 15.1 Å². The van der Waals surface area contributed by atoms with Gasteiger partial charge in [-0.2, -0.15) is 0 Å². The normalized spacial score (nSPS) is 22.7.